The van der Waals surface area contributed by atoms with Gasteiger partial charge in [-0.25, -0.2) is 4.98 Å². The van der Waals surface area contributed by atoms with Crippen LogP contribution in [0.3, 0.4) is 0 Å². The fraction of sp³-hybridized carbons (Fsp3) is 0.368. The number of furan rings is 1. The third-order valence-corrected chi connectivity index (χ3v) is 4.15. The zero-order chi connectivity index (χ0) is 16.9. The number of amides is 1. The molecule has 1 amide bonds. The average Bonchev–Trinajstić information content (AvgIpc) is 3.23. The molecule has 0 aliphatic rings. The summed E-state index contributed by atoms with van der Waals surface area (Å²) in [6, 6.07) is 11.3. The van der Waals surface area contributed by atoms with Crippen LogP contribution in [0.25, 0.3) is 11.0 Å². The minimum Gasteiger partial charge on any atom is -0.459 e. The summed E-state index contributed by atoms with van der Waals surface area (Å²) < 4.78 is 7.38. The monoisotopic (exact) mass is 325 g/mol. The van der Waals surface area contributed by atoms with Crippen LogP contribution in [-0.2, 0) is 6.54 Å². The zero-order valence-corrected chi connectivity index (χ0v) is 14.2. The van der Waals surface area contributed by atoms with Crippen LogP contribution in [0.4, 0.5) is 0 Å². The molecule has 0 fully saturated rings. The van der Waals surface area contributed by atoms with Crippen molar-refractivity contribution in [3.05, 3.63) is 54.2 Å². The molecule has 3 aromatic rings. The fourth-order valence-electron chi connectivity index (χ4n) is 2.92. The molecule has 3 rings (SSSR count). The van der Waals surface area contributed by atoms with Gasteiger partial charge in [0.1, 0.15) is 5.82 Å². The Bertz CT molecular complexity index is 805. The van der Waals surface area contributed by atoms with Crippen molar-refractivity contribution in [2.45, 2.75) is 45.7 Å². The summed E-state index contributed by atoms with van der Waals surface area (Å²) in [6.07, 6.45) is 4.95. The molecular weight excluding hydrogens is 302 g/mol. The van der Waals surface area contributed by atoms with Crippen LogP contribution in [0.2, 0.25) is 0 Å². The first kappa shape index (κ1) is 16.3. The molecule has 2 aromatic heterocycles. The smallest absolute Gasteiger partial charge is 0.287 e. The number of nitrogens with zero attached hydrogens (tertiary/aromatic N) is 2. The second-order valence-corrected chi connectivity index (χ2v) is 5.99. The van der Waals surface area contributed by atoms with Gasteiger partial charge in [0.2, 0.25) is 0 Å². The molecule has 5 nitrogen and oxygen atoms in total. The highest BCUT2D eigenvalue weighted by Gasteiger charge is 2.19. The molecule has 0 saturated carbocycles. The van der Waals surface area contributed by atoms with Gasteiger partial charge in [-0.2, -0.15) is 0 Å². The Balaban J connectivity index is 1.86. The summed E-state index contributed by atoms with van der Waals surface area (Å²) in [4.78, 5) is 17.0. The molecule has 0 aliphatic heterocycles. The van der Waals surface area contributed by atoms with Crippen molar-refractivity contribution >= 4 is 16.9 Å². The van der Waals surface area contributed by atoms with E-state index in [1.165, 1.54) is 19.1 Å². The van der Waals surface area contributed by atoms with E-state index in [0.29, 0.717) is 5.76 Å². The molecule has 1 N–H and O–H groups in total. The van der Waals surface area contributed by atoms with Crippen molar-refractivity contribution in [3.63, 3.8) is 0 Å². The van der Waals surface area contributed by atoms with E-state index in [2.05, 4.69) is 22.9 Å². The summed E-state index contributed by atoms with van der Waals surface area (Å²) in [6.45, 7) is 5.06. The third kappa shape index (κ3) is 3.35. The number of benzene rings is 1. The molecule has 0 radical (unpaired) electrons. The molecule has 0 saturated heterocycles. The maximum absolute atomic E-state index is 12.2. The van der Waals surface area contributed by atoms with E-state index in [-0.39, 0.29) is 11.9 Å². The Kier molecular flexibility index (Phi) is 4.99. The maximum Gasteiger partial charge on any atom is 0.287 e. The van der Waals surface area contributed by atoms with Gasteiger partial charge in [0.15, 0.2) is 5.76 Å². The minimum absolute atomic E-state index is 0.198. The van der Waals surface area contributed by atoms with Crippen LogP contribution in [-0.4, -0.2) is 15.5 Å². The lowest BCUT2D eigenvalue weighted by Gasteiger charge is -2.15. The highest BCUT2D eigenvalue weighted by atomic mass is 16.3. The lowest BCUT2D eigenvalue weighted by Crippen LogP contribution is -2.28. The van der Waals surface area contributed by atoms with Crippen LogP contribution in [0.5, 0.6) is 0 Å². The predicted octanol–water partition coefficient (Wildman–Crippen LogP) is 4.31. The van der Waals surface area contributed by atoms with Gasteiger partial charge in [-0.15, -0.1) is 0 Å². The van der Waals surface area contributed by atoms with E-state index < -0.39 is 0 Å². The SMILES string of the molecule is CCCCCn1c([C@@H](C)NC(=O)c2ccco2)nc2ccccc21. The Hall–Kier alpha value is -2.56. The lowest BCUT2D eigenvalue weighted by atomic mass is 10.2. The quantitative estimate of drug-likeness (QED) is 0.658. The molecule has 1 aromatic carbocycles. The number of carbonyl (C=O) groups excluding carboxylic acids is 1. The number of aryl methyl sites for hydroxylation is 1. The summed E-state index contributed by atoms with van der Waals surface area (Å²) >= 11 is 0. The van der Waals surface area contributed by atoms with Crippen LogP contribution in [0, 0.1) is 0 Å². The Labute approximate surface area is 141 Å². The molecular formula is C19H23N3O2. The molecule has 1 atom stereocenters. The highest BCUT2D eigenvalue weighted by molar-refractivity contribution is 5.91. The van der Waals surface area contributed by atoms with Gasteiger partial charge in [0.05, 0.1) is 23.3 Å². The standard InChI is InChI=1S/C19H23N3O2/c1-3-4-7-12-22-16-10-6-5-9-15(16)21-18(22)14(2)20-19(23)17-11-8-13-24-17/h5-6,8-11,13-14H,3-4,7,12H2,1-2H3,(H,20,23)/t14-/m1/s1. The maximum atomic E-state index is 12.2. The number of nitrogens with one attached hydrogen (secondary N) is 1. The fourth-order valence-corrected chi connectivity index (χ4v) is 2.92. The summed E-state index contributed by atoms with van der Waals surface area (Å²) in [5.41, 5.74) is 2.07. The lowest BCUT2D eigenvalue weighted by molar-refractivity contribution is 0.0909. The number of hydrogen-bond donors (Lipinski definition) is 1. The molecule has 0 bridgehead atoms. The zero-order valence-electron chi connectivity index (χ0n) is 14.2. The molecule has 5 heteroatoms. The highest BCUT2D eigenvalue weighted by Crippen LogP contribution is 2.22. The average molecular weight is 325 g/mol. The van der Waals surface area contributed by atoms with Gasteiger partial charge in [-0.05, 0) is 37.6 Å². The number of unbranched alkanes of at least 4 members (excludes halogenated alkanes) is 2. The van der Waals surface area contributed by atoms with E-state index in [1.807, 2.05) is 25.1 Å². The summed E-state index contributed by atoms with van der Waals surface area (Å²) in [7, 11) is 0. The van der Waals surface area contributed by atoms with Gasteiger partial charge in [-0.3, -0.25) is 4.79 Å². The third-order valence-electron chi connectivity index (χ3n) is 4.15. The van der Waals surface area contributed by atoms with Gasteiger partial charge >= 0.3 is 0 Å². The molecule has 126 valence electrons. The topological polar surface area (TPSA) is 60.1 Å². The Morgan fingerprint density at radius 3 is 2.83 bits per heavy atom. The first-order chi connectivity index (χ1) is 11.7. The number of rotatable bonds is 7. The van der Waals surface area contributed by atoms with E-state index in [1.54, 1.807) is 12.1 Å². The molecule has 24 heavy (non-hydrogen) atoms. The van der Waals surface area contributed by atoms with Crippen molar-refractivity contribution in [1.82, 2.24) is 14.9 Å². The van der Waals surface area contributed by atoms with Crippen molar-refractivity contribution in [3.8, 4) is 0 Å². The van der Waals surface area contributed by atoms with Crippen LogP contribution in [0.1, 0.15) is 55.5 Å². The number of para-hydroxylation sites is 2. The van der Waals surface area contributed by atoms with Crippen LogP contribution in [0.15, 0.2) is 47.1 Å². The minimum atomic E-state index is -0.223. The second-order valence-electron chi connectivity index (χ2n) is 5.99. The van der Waals surface area contributed by atoms with Gasteiger partial charge in [-0.1, -0.05) is 31.9 Å². The molecule has 0 spiro atoms. The number of hydrogen-bond acceptors (Lipinski definition) is 3. The molecule has 2 heterocycles. The van der Waals surface area contributed by atoms with Crippen LogP contribution >= 0.6 is 0 Å². The normalized spacial score (nSPS) is 12.4. The van der Waals surface area contributed by atoms with Crippen molar-refractivity contribution in [1.29, 1.82) is 0 Å². The van der Waals surface area contributed by atoms with E-state index in [4.69, 9.17) is 9.40 Å². The number of imidazole rings is 1. The Morgan fingerprint density at radius 1 is 1.25 bits per heavy atom. The van der Waals surface area contributed by atoms with Gasteiger partial charge in [0, 0.05) is 6.54 Å². The van der Waals surface area contributed by atoms with E-state index in [9.17, 15) is 4.79 Å². The van der Waals surface area contributed by atoms with Crippen molar-refractivity contribution < 1.29 is 9.21 Å². The van der Waals surface area contributed by atoms with Crippen LogP contribution < -0.4 is 5.32 Å². The number of fused-ring (bicyclic) bond motifs is 1. The first-order valence-corrected chi connectivity index (χ1v) is 8.50. The molecule has 0 unspecified atom stereocenters. The first-order valence-electron chi connectivity index (χ1n) is 8.50. The summed E-state index contributed by atoms with van der Waals surface area (Å²) in [5.74, 6) is 0.974. The molecule has 0 aliphatic carbocycles. The predicted molar refractivity (Wildman–Crippen MR) is 93.8 cm³/mol. The van der Waals surface area contributed by atoms with Gasteiger partial charge in [0.25, 0.3) is 5.91 Å². The second kappa shape index (κ2) is 7.34. The van der Waals surface area contributed by atoms with Crippen molar-refractivity contribution in [2.24, 2.45) is 0 Å². The van der Waals surface area contributed by atoms with Gasteiger partial charge < -0.3 is 14.3 Å². The van der Waals surface area contributed by atoms with E-state index in [0.717, 1.165) is 29.8 Å². The largest absolute Gasteiger partial charge is 0.459 e. The Morgan fingerprint density at radius 2 is 2.08 bits per heavy atom. The number of aromatic nitrogens is 2. The summed E-state index contributed by atoms with van der Waals surface area (Å²) in [5, 5.41) is 2.97. The van der Waals surface area contributed by atoms with Crippen molar-refractivity contribution in [2.75, 3.05) is 0 Å². The van der Waals surface area contributed by atoms with E-state index >= 15 is 0 Å². The number of carbonyl (C=O) groups is 1.